The van der Waals surface area contributed by atoms with Crippen LogP contribution in [0.4, 0.5) is 0 Å². The van der Waals surface area contributed by atoms with Crippen molar-refractivity contribution >= 4 is 7.85 Å². The molecule has 0 aromatic carbocycles. The maximum Gasteiger partial charge on any atom is 0.0821 e. The first-order valence-electron chi connectivity index (χ1n) is 5.05. The number of aromatic nitrogens is 1. The molecule has 2 nitrogen and oxygen atoms in total. The van der Waals surface area contributed by atoms with Crippen LogP contribution in [0.1, 0.15) is 30.2 Å². The third-order valence-corrected chi connectivity index (χ3v) is 2.62. The van der Waals surface area contributed by atoms with Gasteiger partial charge in [-0.05, 0) is 37.5 Å². The van der Waals surface area contributed by atoms with Gasteiger partial charge in [-0.15, -0.1) is 0 Å². The second-order valence-corrected chi connectivity index (χ2v) is 3.87. The van der Waals surface area contributed by atoms with Crippen LogP contribution in [-0.2, 0) is 4.74 Å². The van der Waals surface area contributed by atoms with Gasteiger partial charge < -0.3 is 4.74 Å². The summed E-state index contributed by atoms with van der Waals surface area (Å²) in [7, 11) is 5.90. The molecule has 1 aromatic heterocycles. The quantitative estimate of drug-likeness (QED) is 0.628. The Morgan fingerprint density at radius 3 is 3.14 bits per heavy atom. The molecule has 2 rings (SSSR count). The van der Waals surface area contributed by atoms with Crippen molar-refractivity contribution in [1.29, 1.82) is 0 Å². The van der Waals surface area contributed by atoms with Gasteiger partial charge in [0.1, 0.15) is 0 Å². The van der Waals surface area contributed by atoms with Gasteiger partial charge in [0.25, 0.3) is 0 Å². The molecule has 2 heterocycles. The summed E-state index contributed by atoms with van der Waals surface area (Å²) in [6.07, 6.45) is 3.89. The fourth-order valence-corrected chi connectivity index (χ4v) is 1.82. The minimum absolute atomic E-state index is 0.167. The molecular formula is C11H14BNO. The Hall–Kier alpha value is -0.825. The van der Waals surface area contributed by atoms with E-state index in [0.29, 0.717) is 0 Å². The molecule has 2 radical (unpaired) electrons. The zero-order valence-corrected chi connectivity index (χ0v) is 8.44. The summed E-state index contributed by atoms with van der Waals surface area (Å²) >= 11 is 0. The van der Waals surface area contributed by atoms with Gasteiger partial charge >= 0.3 is 0 Å². The number of pyridine rings is 1. The number of hydrogen-bond acceptors (Lipinski definition) is 2. The summed E-state index contributed by atoms with van der Waals surface area (Å²) < 4.78 is 5.68. The van der Waals surface area contributed by atoms with E-state index in [1.165, 1.54) is 5.56 Å². The summed E-state index contributed by atoms with van der Waals surface area (Å²) in [6.45, 7) is 2.76. The number of rotatable bonds is 1. The Labute approximate surface area is 86.1 Å². The number of nitrogens with zero attached hydrogens (tertiary/aromatic N) is 1. The van der Waals surface area contributed by atoms with Gasteiger partial charge in [0.05, 0.1) is 14.0 Å². The van der Waals surface area contributed by atoms with Crippen molar-refractivity contribution in [3.63, 3.8) is 0 Å². The Balaban J connectivity index is 2.14. The minimum atomic E-state index is 0.167. The zero-order chi connectivity index (χ0) is 9.97. The van der Waals surface area contributed by atoms with Gasteiger partial charge in [-0.2, -0.15) is 0 Å². The van der Waals surface area contributed by atoms with Crippen molar-refractivity contribution in [2.75, 3.05) is 6.61 Å². The lowest BCUT2D eigenvalue weighted by Gasteiger charge is -2.27. The number of ether oxygens (including phenoxy) is 1. The molecule has 1 aromatic rings. The summed E-state index contributed by atoms with van der Waals surface area (Å²) in [5.41, 5.74) is 2.23. The first-order chi connectivity index (χ1) is 6.75. The fourth-order valence-electron chi connectivity index (χ4n) is 1.82. The van der Waals surface area contributed by atoms with Gasteiger partial charge in [-0.1, -0.05) is 5.82 Å². The van der Waals surface area contributed by atoms with E-state index in [1.807, 2.05) is 19.2 Å². The molecule has 0 saturated carbocycles. The maximum atomic E-state index is 5.90. The molecular weight excluding hydrogens is 173 g/mol. The van der Waals surface area contributed by atoms with Crippen LogP contribution in [0.15, 0.2) is 18.3 Å². The minimum Gasteiger partial charge on any atom is -0.374 e. The average molecular weight is 187 g/mol. The van der Waals surface area contributed by atoms with Crippen LogP contribution in [0, 0.1) is 6.92 Å². The van der Waals surface area contributed by atoms with Crippen LogP contribution in [0.2, 0.25) is 5.82 Å². The van der Waals surface area contributed by atoms with E-state index in [4.69, 9.17) is 12.6 Å². The molecule has 1 aliphatic rings. The van der Waals surface area contributed by atoms with E-state index >= 15 is 0 Å². The van der Waals surface area contributed by atoms with Gasteiger partial charge in [0.2, 0.25) is 0 Å². The lowest BCUT2D eigenvalue weighted by atomic mass is 9.78. The lowest BCUT2D eigenvalue weighted by Crippen LogP contribution is -2.16. The predicted octanol–water partition coefficient (Wildman–Crippen LogP) is 2.20. The van der Waals surface area contributed by atoms with E-state index in [9.17, 15) is 0 Å². The lowest BCUT2D eigenvalue weighted by molar-refractivity contribution is 0.0154. The van der Waals surface area contributed by atoms with E-state index in [1.54, 1.807) is 0 Å². The fraction of sp³-hybridized carbons (Fsp3) is 0.545. The van der Waals surface area contributed by atoms with E-state index in [2.05, 4.69) is 11.1 Å². The highest BCUT2D eigenvalue weighted by atomic mass is 16.5. The van der Waals surface area contributed by atoms with Gasteiger partial charge in [-0.3, -0.25) is 4.98 Å². The SMILES string of the molecule is [B]C1CCOC(c2ccnc(C)c2)C1. The zero-order valence-electron chi connectivity index (χ0n) is 8.44. The highest BCUT2D eigenvalue weighted by Gasteiger charge is 2.20. The third kappa shape index (κ3) is 2.15. The molecule has 0 amide bonds. The van der Waals surface area contributed by atoms with Crippen molar-refractivity contribution in [3.8, 4) is 0 Å². The molecule has 1 fully saturated rings. The topological polar surface area (TPSA) is 22.1 Å². The van der Waals surface area contributed by atoms with Crippen molar-refractivity contribution in [2.45, 2.75) is 31.7 Å². The average Bonchev–Trinajstić information content (AvgIpc) is 2.18. The molecule has 2 unspecified atom stereocenters. The molecule has 0 bridgehead atoms. The first kappa shape index (κ1) is 9.72. The van der Waals surface area contributed by atoms with Crippen molar-refractivity contribution in [2.24, 2.45) is 0 Å². The Bertz CT molecular complexity index is 316. The first-order valence-corrected chi connectivity index (χ1v) is 5.05. The van der Waals surface area contributed by atoms with Gasteiger partial charge in [0.15, 0.2) is 0 Å². The predicted molar refractivity (Wildman–Crippen MR) is 56.4 cm³/mol. The summed E-state index contributed by atoms with van der Waals surface area (Å²) in [4.78, 5) is 4.17. The van der Waals surface area contributed by atoms with E-state index in [-0.39, 0.29) is 11.9 Å². The van der Waals surface area contributed by atoms with E-state index < -0.39 is 0 Å². The number of aryl methyl sites for hydroxylation is 1. The van der Waals surface area contributed by atoms with Gasteiger partial charge in [0, 0.05) is 18.5 Å². The summed E-state index contributed by atoms with van der Waals surface area (Å²) in [5, 5.41) is 0. The monoisotopic (exact) mass is 187 g/mol. The molecule has 2 atom stereocenters. The highest BCUT2D eigenvalue weighted by molar-refractivity contribution is 6.11. The molecule has 14 heavy (non-hydrogen) atoms. The molecule has 3 heteroatoms. The normalized spacial score (nSPS) is 27.5. The van der Waals surface area contributed by atoms with E-state index in [0.717, 1.165) is 25.1 Å². The third-order valence-electron chi connectivity index (χ3n) is 2.62. The van der Waals surface area contributed by atoms with Crippen molar-refractivity contribution < 1.29 is 4.74 Å². The largest absolute Gasteiger partial charge is 0.374 e. The van der Waals surface area contributed by atoms with Crippen LogP contribution in [0.3, 0.4) is 0 Å². The van der Waals surface area contributed by atoms with Crippen LogP contribution in [-0.4, -0.2) is 19.4 Å². The Kier molecular flexibility index (Phi) is 2.87. The summed E-state index contributed by atoms with van der Waals surface area (Å²) in [5.74, 6) is 0.280. The summed E-state index contributed by atoms with van der Waals surface area (Å²) in [6, 6.07) is 4.08. The second kappa shape index (κ2) is 4.14. The van der Waals surface area contributed by atoms with Crippen molar-refractivity contribution in [3.05, 3.63) is 29.6 Å². The molecule has 1 aliphatic heterocycles. The van der Waals surface area contributed by atoms with Crippen LogP contribution in [0.5, 0.6) is 0 Å². The van der Waals surface area contributed by atoms with Crippen LogP contribution in [0.25, 0.3) is 0 Å². The molecule has 0 aliphatic carbocycles. The number of hydrogen-bond donors (Lipinski definition) is 0. The Morgan fingerprint density at radius 2 is 2.43 bits per heavy atom. The molecule has 1 saturated heterocycles. The van der Waals surface area contributed by atoms with Gasteiger partial charge in [-0.25, -0.2) is 0 Å². The maximum absolute atomic E-state index is 5.90. The van der Waals surface area contributed by atoms with Crippen LogP contribution >= 0.6 is 0 Å². The molecule has 0 spiro atoms. The van der Waals surface area contributed by atoms with Crippen molar-refractivity contribution in [1.82, 2.24) is 4.98 Å². The molecule has 0 N–H and O–H groups in total. The second-order valence-electron chi connectivity index (χ2n) is 3.87. The molecule has 72 valence electrons. The highest BCUT2D eigenvalue weighted by Crippen LogP contribution is 2.32. The van der Waals surface area contributed by atoms with Crippen LogP contribution < -0.4 is 0 Å². The smallest absolute Gasteiger partial charge is 0.0821 e. The standard InChI is InChI=1S/C11H14BNO/c1-8-6-9(2-4-13-8)11-7-10(12)3-5-14-11/h2,4,6,10-11H,3,5,7H2,1H3. The Morgan fingerprint density at radius 1 is 1.57 bits per heavy atom.